The van der Waals surface area contributed by atoms with E-state index in [-0.39, 0.29) is 16.2 Å². The van der Waals surface area contributed by atoms with E-state index in [9.17, 15) is 22.8 Å². The van der Waals surface area contributed by atoms with E-state index >= 15 is 0 Å². The molecule has 0 bridgehead atoms. The molecule has 2 N–H and O–H groups in total. The second-order valence-electron chi connectivity index (χ2n) is 7.18. The highest BCUT2D eigenvalue weighted by Crippen LogP contribution is 2.21. The van der Waals surface area contributed by atoms with Crippen molar-refractivity contribution in [3.05, 3.63) is 51.8 Å². The third kappa shape index (κ3) is 5.39. The van der Waals surface area contributed by atoms with Gasteiger partial charge >= 0.3 is 11.9 Å². The summed E-state index contributed by atoms with van der Waals surface area (Å²) in [4.78, 5) is 39.5. The van der Waals surface area contributed by atoms with Crippen LogP contribution in [0.3, 0.4) is 0 Å². The number of esters is 2. The van der Waals surface area contributed by atoms with Crippen molar-refractivity contribution in [1.82, 2.24) is 9.71 Å². The predicted octanol–water partition coefficient (Wildman–Crippen LogP) is 2.13. The molecule has 9 nitrogen and oxygen atoms in total. The number of rotatable bonds is 8. The summed E-state index contributed by atoms with van der Waals surface area (Å²) in [5, 5.41) is 0. The van der Waals surface area contributed by atoms with Crippen molar-refractivity contribution in [1.29, 1.82) is 0 Å². The smallest absolute Gasteiger partial charge is 0.339 e. The lowest BCUT2D eigenvalue weighted by Gasteiger charge is -2.13. The molecule has 0 fully saturated rings. The Morgan fingerprint density at radius 2 is 1.74 bits per heavy atom. The minimum Gasteiger partial charge on any atom is -0.465 e. The zero-order valence-electron chi connectivity index (χ0n) is 18.3. The maximum absolute atomic E-state index is 12.7. The highest BCUT2D eigenvalue weighted by atomic mass is 32.2. The first-order valence-corrected chi connectivity index (χ1v) is 11.0. The van der Waals surface area contributed by atoms with Crippen LogP contribution < -0.4 is 4.72 Å². The monoisotopic (exact) mass is 450 g/mol. The number of hydrogen-bond acceptors (Lipinski definition) is 7. The molecule has 2 aromatic rings. The van der Waals surface area contributed by atoms with Crippen LogP contribution in [0, 0.1) is 27.7 Å². The van der Waals surface area contributed by atoms with E-state index in [0.717, 1.165) is 11.1 Å². The number of H-pyrrole nitrogens is 1. The number of benzene rings is 1. The van der Waals surface area contributed by atoms with Crippen molar-refractivity contribution in [3.63, 3.8) is 0 Å². The molecule has 1 aromatic carbocycles. The highest BCUT2D eigenvalue weighted by Gasteiger charge is 2.27. The number of aromatic amines is 1. The highest BCUT2D eigenvalue weighted by molar-refractivity contribution is 7.89. The molecule has 0 saturated heterocycles. The average molecular weight is 451 g/mol. The summed E-state index contributed by atoms with van der Waals surface area (Å²) >= 11 is 0. The molecule has 0 aliphatic carbocycles. The van der Waals surface area contributed by atoms with Gasteiger partial charge in [0.15, 0.2) is 6.10 Å². The van der Waals surface area contributed by atoms with Crippen LogP contribution in [-0.2, 0) is 24.3 Å². The summed E-state index contributed by atoms with van der Waals surface area (Å²) in [6.07, 6.45) is -1.19. The molecule has 1 aromatic heterocycles. The number of Topliss-reactive ketones (excluding diaryl/α,β-unsaturated/α-hetero) is 1. The maximum Gasteiger partial charge on any atom is 0.339 e. The van der Waals surface area contributed by atoms with Gasteiger partial charge in [-0.1, -0.05) is 6.07 Å². The van der Waals surface area contributed by atoms with E-state index in [4.69, 9.17) is 9.47 Å². The number of hydrogen-bond donors (Lipinski definition) is 2. The first kappa shape index (κ1) is 24.3. The Bertz CT molecular complexity index is 1130. The molecule has 0 radical (unpaired) electrons. The van der Waals surface area contributed by atoms with Crippen molar-refractivity contribution in [2.75, 3.05) is 13.7 Å². The van der Waals surface area contributed by atoms with E-state index < -0.39 is 40.4 Å². The van der Waals surface area contributed by atoms with E-state index in [2.05, 4.69) is 9.71 Å². The number of methoxy groups -OCH3 is 1. The Balaban J connectivity index is 2.05. The molecule has 2 rings (SSSR count). The van der Waals surface area contributed by atoms with Crippen LogP contribution in [0.5, 0.6) is 0 Å². The molecule has 0 spiro atoms. The van der Waals surface area contributed by atoms with Crippen molar-refractivity contribution in [2.45, 2.75) is 45.6 Å². The number of ether oxygens (including phenoxy) is 2. The molecule has 31 heavy (non-hydrogen) atoms. The zero-order valence-corrected chi connectivity index (χ0v) is 19.1. The molecule has 10 heteroatoms. The standard InChI is InChI=1S/C21H26N2O7S/c1-11-7-8-16(9-12(11)2)31(27,28)22-10-17(24)30-15(5)20(25)19-13(3)18(14(4)23-19)21(26)29-6/h7-9,15,22-23H,10H2,1-6H3. The number of ketones is 1. The van der Waals surface area contributed by atoms with Crippen molar-refractivity contribution < 1.29 is 32.3 Å². The largest absolute Gasteiger partial charge is 0.465 e. The number of carbonyl (C=O) groups is 3. The van der Waals surface area contributed by atoms with E-state index in [1.807, 2.05) is 6.92 Å². The molecule has 0 saturated carbocycles. The van der Waals surface area contributed by atoms with Gasteiger partial charge < -0.3 is 14.5 Å². The van der Waals surface area contributed by atoms with E-state index in [1.54, 1.807) is 26.8 Å². The second kappa shape index (κ2) is 9.44. The van der Waals surface area contributed by atoms with Gasteiger partial charge in [0.25, 0.3) is 0 Å². The summed E-state index contributed by atoms with van der Waals surface area (Å²) in [5.74, 6) is -2.06. The van der Waals surface area contributed by atoms with Gasteiger partial charge in [-0.15, -0.1) is 0 Å². The number of nitrogens with one attached hydrogen (secondary N) is 2. The fourth-order valence-electron chi connectivity index (χ4n) is 3.02. The second-order valence-corrected chi connectivity index (χ2v) is 8.95. The third-order valence-corrected chi connectivity index (χ3v) is 6.34. The van der Waals surface area contributed by atoms with E-state index in [0.29, 0.717) is 11.3 Å². The van der Waals surface area contributed by atoms with Crippen molar-refractivity contribution >= 4 is 27.7 Å². The molecule has 0 amide bonds. The van der Waals surface area contributed by atoms with Gasteiger partial charge in [0.2, 0.25) is 15.8 Å². The molecule has 1 heterocycles. The third-order valence-electron chi connectivity index (χ3n) is 4.95. The summed E-state index contributed by atoms with van der Waals surface area (Å²) in [5.41, 5.74) is 2.93. The van der Waals surface area contributed by atoms with Gasteiger partial charge in [-0.2, -0.15) is 4.72 Å². The Morgan fingerprint density at radius 1 is 1.10 bits per heavy atom. The van der Waals surface area contributed by atoms with Gasteiger partial charge in [0, 0.05) is 5.69 Å². The van der Waals surface area contributed by atoms with Gasteiger partial charge in [-0.05, 0) is 63.4 Å². The summed E-state index contributed by atoms with van der Waals surface area (Å²) in [6, 6.07) is 4.62. The lowest BCUT2D eigenvalue weighted by molar-refractivity contribution is -0.144. The zero-order chi connectivity index (χ0) is 23.5. The van der Waals surface area contributed by atoms with Gasteiger partial charge in [0.05, 0.1) is 23.3 Å². The lowest BCUT2D eigenvalue weighted by Crippen LogP contribution is -2.34. The van der Waals surface area contributed by atoms with Gasteiger partial charge in [0.1, 0.15) is 6.54 Å². The normalized spacial score (nSPS) is 12.3. The fraction of sp³-hybridized carbons (Fsp3) is 0.381. The molecule has 1 unspecified atom stereocenters. The number of sulfonamides is 1. The Morgan fingerprint density at radius 3 is 2.32 bits per heavy atom. The van der Waals surface area contributed by atoms with Crippen LogP contribution in [0.2, 0.25) is 0 Å². The number of aromatic nitrogens is 1. The lowest BCUT2D eigenvalue weighted by atomic mass is 10.1. The molecule has 0 aliphatic heterocycles. The van der Waals surface area contributed by atoms with Gasteiger partial charge in [-0.25, -0.2) is 13.2 Å². The van der Waals surface area contributed by atoms with Crippen LogP contribution in [0.15, 0.2) is 23.1 Å². The Kier molecular flexibility index (Phi) is 7.40. The van der Waals surface area contributed by atoms with E-state index in [1.165, 1.54) is 26.2 Å². The maximum atomic E-state index is 12.7. The minimum absolute atomic E-state index is 0.0281. The SMILES string of the molecule is COC(=O)c1c(C)[nH]c(C(=O)C(C)OC(=O)CNS(=O)(=O)c2ccc(C)c(C)c2)c1C. The van der Waals surface area contributed by atoms with Crippen LogP contribution in [0.1, 0.15) is 50.2 Å². The van der Waals surface area contributed by atoms with Crippen LogP contribution in [-0.4, -0.2) is 50.9 Å². The van der Waals surface area contributed by atoms with Gasteiger partial charge in [-0.3, -0.25) is 9.59 Å². The van der Waals surface area contributed by atoms with Crippen LogP contribution in [0.4, 0.5) is 0 Å². The topological polar surface area (TPSA) is 132 Å². The molecule has 168 valence electrons. The average Bonchev–Trinajstić information content (AvgIpc) is 3.01. The van der Waals surface area contributed by atoms with Crippen LogP contribution in [0.25, 0.3) is 0 Å². The first-order chi connectivity index (χ1) is 14.4. The first-order valence-electron chi connectivity index (χ1n) is 9.47. The quantitative estimate of drug-likeness (QED) is 0.465. The molecule has 0 aliphatic rings. The summed E-state index contributed by atoms with van der Waals surface area (Å²) in [6.45, 7) is 7.57. The van der Waals surface area contributed by atoms with Crippen LogP contribution >= 0.6 is 0 Å². The Labute approximate surface area is 181 Å². The summed E-state index contributed by atoms with van der Waals surface area (Å²) < 4.78 is 36.7. The molecular weight excluding hydrogens is 424 g/mol. The Hall–Kier alpha value is -2.98. The molecular formula is C21H26N2O7S. The minimum atomic E-state index is -3.92. The fourth-order valence-corrected chi connectivity index (χ4v) is 4.07. The number of aryl methyl sites for hydroxylation is 3. The molecule has 1 atom stereocenters. The summed E-state index contributed by atoms with van der Waals surface area (Å²) in [7, 11) is -2.68. The van der Waals surface area contributed by atoms with Crippen molar-refractivity contribution in [2.24, 2.45) is 0 Å². The predicted molar refractivity (Wildman–Crippen MR) is 113 cm³/mol. The van der Waals surface area contributed by atoms with Crippen molar-refractivity contribution in [3.8, 4) is 0 Å². The number of carbonyl (C=O) groups excluding carboxylic acids is 3.